The van der Waals surface area contributed by atoms with Gasteiger partial charge in [-0.1, -0.05) is 37.5 Å². The molecule has 0 unspecified atom stereocenters. The number of nitrogens with one attached hydrogen (secondary N) is 2. The van der Waals surface area contributed by atoms with Crippen LogP contribution in [0.1, 0.15) is 48.0 Å². The van der Waals surface area contributed by atoms with E-state index in [9.17, 15) is 9.59 Å². The summed E-state index contributed by atoms with van der Waals surface area (Å²) in [7, 11) is 1.59. The molecule has 0 saturated heterocycles. The lowest BCUT2D eigenvalue weighted by Gasteiger charge is -2.31. The van der Waals surface area contributed by atoms with Gasteiger partial charge in [-0.25, -0.2) is 0 Å². The van der Waals surface area contributed by atoms with Crippen LogP contribution in [0.25, 0.3) is 0 Å². The van der Waals surface area contributed by atoms with Crippen molar-refractivity contribution in [2.24, 2.45) is 4.99 Å². The maximum atomic E-state index is 12.3. The Balaban J connectivity index is 1.94. The molecular formula is C16H19N3O2. The zero-order valence-corrected chi connectivity index (χ0v) is 12.1. The van der Waals surface area contributed by atoms with Crippen LogP contribution >= 0.6 is 0 Å². The Hall–Kier alpha value is -2.17. The van der Waals surface area contributed by atoms with Crippen molar-refractivity contribution >= 4 is 17.6 Å². The molecule has 21 heavy (non-hydrogen) atoms. The highest BCUT2D eigenvalue weighted by Crippen LogP contribution is 2.33. The van der Waals surface area contributed by atoms with Gasteiger partial charge >= 0.3 is 0 Å². The van der Waals surface area contributed by atoms with Gasteiger partial charge < -0.3 is 10.6 Å². The average molecular weight is 285 g/mol. The largest absolute Gasteiger partial charge is 0.355 e. The molecule has 0 bridgehead atoms. The van der Waals surface area contributed by atoms with Gasteiger partial charge in [-0.3, -0.25) is 9.59 Å². The molecule has 110 valence electrons. The first-order valence-electron chi connectivity index (χ1n) is 7.39. The van der Waals surface area contributed by atoms with Crippen LogP contribution in [0.5, 0.6) is 0 Å². The summed E-state index contributed by atoms with van der Waals surface area (Å²) in [6, 6.07) is 7.23. The molecule has 2 N–H and O–H groups in total. The average Bonchev–Trinajstić information content (AvgIpc) is 2.84. The molecule has 0 radical (unpaired) electrons. The maximum absolute atomic E-state index is 12.3. The Morgan fingerprint density at radius 2 is 1.95 bits per heavy atom. The van der Waals surface area contributed by atoms with Crippen molar-refractivity contribution in [3.63, 3.8) is 0 Å². The zero-order chi connectivity index (χ0) is 14.9. The summed E-state index contributed by atoms with van der Waals surface area (Å²) in [4.78, 5) is 28.5. The van der Waals surface area contributed by atoms with E-state index in [1.54, 1.807) is 13.1 Å². The molecule has 1 aromatic carbocycles. The van der Waals surface area contributed by atoms with Gasteiger partial charge in [-0.15, -0.1) is 0 Å². The van der Waals surface area contributed by atoms with E-state index in [4.69, 9.17) is 0 Å². The fraction of sp³-hybridized carbons (Fsp3) is 0.438. The summed E-state index contributed by atoms with van der Waals surface area (Å²) < 4.78 is 0. The van der Waals surface area contributed by atoms with Crippen LogP contribution in [0.2, 0.25) is 0 Å². The zero-order valence-electron chi connectivity index (χ0n) is 12.1. The van der Waals surface area contributed by atoms with Gasteiger partial charge in [-0.2, -0.15) is 4.99 Å². The molecule has 5 nitrogen and oxygen atoms in total. The highest BCUT2D eigenvalue weighted by Gasteiger charge is 2.44. The first kappa shape index (κ1) is 13.8. The molecule has 1 saturated carbocycles. The molecule has 1 aliphatic heterocycles. The number of amides is 2. The van der Waals surface area contributed by atoms with Crippen molar-refractivity contribution in [2.75, 3.05) is 7.05 Å². The first-order chi connectivity index (χ1) is 10.2. The second kappa shape index (κ2) is 5.31. The SMILES string of the molecule is CNC(=O)c1ccccc1C1=NC(=O)C2(CCCCC2)N1. The number of amidine groups is 1. The van der Waals surface area contributed by atoms with E-state index in [0.717, 1.165) is 25.7 Å². The number of carbonyl (C=O) groups excluding carboxylic acids is 2. The topological polar surface area (TPSA) is 70.6 Å². The summed E-state index contributed by atoms with van der Waals surface area (Å²) in [6.07, 6.45) is 4.89. The number of hydrogen-bond acceptors (Lipinski definition) is 3. The Morgan fingerprint density at radius 1 is 1.24 bits per heavy atom. The summed E-state index contributed by atoms with van der Waals surface area (Å²) in [5.41, 5.74) is 0.684. The molecule has 0 aromatic heterocycles. The summed E-state index contributed by atoms with van der Waals surface area (Å²) >= 11 is 0. The normalized spacial score (nSPS) is 20.0. The minimum Gasteiger partial charge on any atom is -0.355 e. The predicted octanol–water partition coefficient (Wildman–Crippen LogP) is 1.63. The van der Waals surface area contributed by atoms with Crippen LogP contribution in [0.3, 0.4) is 0 Å². The van der Waals surface area contributed by atoms with Gasteiger partial charge in [0.15, 0.2) is 0 Å². The molecule has 1 spiro atoms. The standard InChI is InChI=1S/C16H19N3O2/c1-17-14(20)12-8-4-3-7-11(12)13-18-15(21)16(19-13)9-5-2-6-10-16/h3-4,7-8H,2,5-6,9-10H2,1H3,(H,17,20)(H,18,19,21). The molecule has 1 fully saturated rings. The van der Waals surface area contributed by atoms with E-state index in [-0.39, 0.29) is 11.8 Å². The second-order valence-electron chi connectivity index (χ2n) is 5.66. The van der Waals surface area contributed by atoms with Crippen molar-refractivity contribution < 1.29 is 9.59 Å². The maximum Gasteiger partial charge on any atom is 0.273 e. The molecule has 2 aliphatic rings. The van der Waals surface area contributed by atoms with Crippen molar-refractivity contribution in [3.8, 4) is 0 Å². The molecular weight excluding hydrogens is 266 g/mol. The van der Waals surface area contributed by atoms with Gasteiger partial charge in [0.25, 0.3) is 11.8 Å². The van der Waals surface area contributed by atoms with Gasteiger partial charge in [0, 0.05) is 12.6 Å². The molecule has 5 heteroatoms. The lowest BCUT2D eigenvalue weighted by Crippen LogP contribution is -2.50. The highest BCUT2D eigenvalue weighted by molar-refractivity contribution is 6.17. The van der Waals surface area contributed by atoms with Crippen LogP contribution in [0.4, 0.5) is 0 Å². The molecule has 1 heterocycles. The van der Waals surface area contributed by atoms with E-state index in [1.807, 2.05) is 18.2 Å². The third-order valence-electron chi connectivity index (χ3n) is 4.34. The molecule has 1 aromatic rings. The van der Waals surface area contributed by atoms with Crippen LogP contribution in [0.15, 0.2) is 29.3 Å². The molecule has 2 amide bonds. The van der Waals surface area contributed by atoms with E-state index >= 15 is 0 Å². The summed E-state index contributed by atoms with van der Waals surface area (Å²) in [6.45, 7) is 0. The first-order valence-corrected chi connectivity index (χ1v) is 7.39. The predicted molar refractivity (Wildman–Crippen MR) is 80.3 cm³/mol. The number of benzene rings is 1. The number of hydrogen-bond donors (Lipinski definition) is 2. The minimum atomic E-state index is -0.538. The Labute approximate surface area is 123 Å². The summed E-state index contributed by atoms with van der Waals surface area (Å²) in [5, 5.41) is 5.93. The van der Waals surface area contributed by atoms with Gasteiger partial charge in [0.1, 0.15) is 11.4 Å². The van der Waals surface area contributed by atoms with E-state index < -0.39 is 5.54 Å². The number of aliphatic imine (C=N–C) groups is 1. The fourth-order valence-electron chi connectivity index (χ4n) is 3.16. The monoisotopic (exact) mass is 285 g/mol. The van der Waals surface area contributed by atoms with Gasteiger partial charge in [0.05, 0.1) is 5.56 Å². The van der Waals surface area contributed by atoms with E-state index in [0.29, 0.717) is 17.0 Å². The van der Waals surface area contributed by atoms with Crippen molar-refractivity contribution in [2.45, 2.75) is 37.6 Å². The van der Waals surface area contributed by atoms with E-state index in [1.165, 1.54) is 6.42 Å². The van der Waals surface area contributed by atoms with Crippen LogP contribution < -0.4 is 10.6 Å². The lowest BCUT2D eigenvalue weighted by atomic mass is 9.81. The third kappa shape index (κ3) is 2.33. The van der Waals surface area contributed by atoms with Crippen LogP contribution in [-0.4, -0.2) is 30.2 Å². The Morgan fingerprint density at radius 3 is 2.67 bits per heavy atom. The Bertz CT molecular complexity index is 616. The number of rotatable bonds is 2. The van der Waals surface area contributed by atoms with Crippen LogP contribution in [-0.2, 0) is 4.79 Å². The van der Waals surface area contributed by atoms with Crippen molar-refractivity contribution in [1.29, 1.82) is 0 Å². The number of carbonyl (C=O) groups is 2. The van der Waals surface area contributed by atoms with Crippen molar-refractivity contribution in [3.05, 3.63) is 35.4 Å². The quantitative estimate of drug-likeness (QED) is 0.867. The van der Waals surface area contributed by atoms with Crippen LogP contribution in [0, 0.1) is 0 Å². The smallest absolute Gasteiger partial charge is 0.273 e. The van der Waals surface area contributed by atoms with Crippen molar-refractivity contribution in [1.82, 2.24) is 10.6 Å². The Kier molecular flexibility index (Phi) is 3.49. The van der Waals surface area contributed by atoms with Gasteiger partial charge in [0.2, 0.25) is 0 Å². The lowest BCUT2D eigenvalue weighted by molar-refractivity contribution is -0.123. The van der Waals surface area contributed by atoms with Gasteiger partial charge in [-0.05, 0) is 18.9 Å². The molecule has 0 atom stereocenters. The third-order valence-corrected chi connectivity index (χ3v) is 4.34. The molecule has 1 aliphatic carbocycles. The second-order valence-corrected chi connectivity index (χ2v) is 5.66. The highest BCUT2D eigenvalue weighted by atomic mass is 16.2. The molecule has 3 rings (SSSR count). The van der Waals surface area contributed by atoms with E-state index in [2.05, 4.69) is 15.6 Å². The number of nitrogens with zero attached hydrogens (tertiary/aromatic N) is 1. The summed E-state index contributed by atoms with van der Waals surface area (Å²) in [5.74, 6) is 0.261. The minimum absolute atomic E-state index is 0.0936. The fourth-order valence-corrected chi connectivity index (χ4v) is 3.16.